The summed E-state index contributed by atoms with van der Waals surface area (Å²) in [5.41, 5.74) is 3.00. The van der Waals surface area contributed by atoms with Crippen molar-refractivity contribution in [2.24, 2.45) is 0 Å². The second kappa shape index (κ2) is 7.32. The molecule has 0 amide bonds. The van der Waals surface area contributed by atoms with Gasteiger partial charge in [0.1, 0.15) is 0 Å². The zero-order valence-corrected chi connectivity index (χ0v) is 15.8. The Bertz CT molecular complexity index is 747. The first-order valence-corrected chi connectivity index (χ1v) is 10.0. The molecule has 2 aromatic rings. The lowest BCUT2D eigenvalue weighted by Crippen LogP contribution is -2.80. The van der Waals surface area contributed by atoms with E-state index in [9.17, 15) is 0 Å². The number of aromatic nitrogens is 1. The summed E-state index contributed by atoms with van der Waals surface area (Å²) in [6.45, 7) is 9.41. The fourth-order valence-electron chi connectivity index (χ4n) is 5.19. The van der Waals surface area contributed by atoms with Gasteiger partial charge < -0.3 is 4.74 Å². The molecule has 4 heterocycles. The van der Waals surface area contributed by atoms with Crippen LogP contribution in [0.3, 0.4) is 0 Å². The Balaban J connectivity index is 1.29. The third-order valence-corrected chi connectivity index (χ3v) is 6.24. The Morgan fingerprint density at radius 1 is 0.963 bits per heavy atom. The van der Waals surface area contributed by atoms with Crippen molar-refractivity contribution < 1.29 is 4.74 Å². The molecule has 0 N–H and O–H groups in total. The quantitative estimate of drug-likeness (QED) is 0.827. The van der Waals surface area contributed by atoms with Crippen molar-refractivity contribution in [2.45, 2.75) is 24.7 Å². The maximum absolute atomic E-state index is 5.83. The highest BCUT2D eigenvalue weighted by Crippen LogP contribution is 2.36. The average molecular weight is 364 g/mol. The van der Waals surface area contributed by atoms with Gasteiger partial charge in [-0.25, -0.2) is 0 Å². The standard InChI is InChI=1S/C22H28N4O/c1-2-5-19(6-3-1)12-24-14-21-15-27-10-9-26(21)22(16-24)17-25(18-22)13-20-7-4-8-23-11-20/h1-8,11,21H,9-10,12-18H2/t21-/m1/s1. The predicted molar refractivity (Wildman–Crippen MR) is 105 cm³/mol. The topological polar surface area (TPSA) is 31.8 Å². The van der Waals surface area contributed by atoms with E-state index in [4.69, 9.17) is 4.74 Å². The lowest BCUT2D eigenvalue weighted by molar-refractivity contribution is -0.168. The first kappa shape index (κ1) is 17.3. The smallest absolute Gasteiger partial charge is 0.0635 e. The van der Waals surface area contributed by atoms with Crippen molar-refractivity contribution in [2.75, 3.05) is 45.9 Å². The zero-order valence-electron chi connectivity index (χ0n) is 15.8. The predicted octanol–water partition coefficient (Wildman–Crippen LogP) is 1.85. The Kier molecular flexibility index (Phi) is 4.70. The second-order valence-corrected chi connectivity index (χ2v) is 8.31. The van der Waals surface area contributed by atoms with Crippen molar-refractivity contribution in [3.8, 4) is 0 Å². The molecule has 0 radical (unpaired) electrons. The highest BCUT2D eigenvalue weighted by molar-refractivity contribution is 5.18. The minimum atomic E-state index is 0.281. The van der Waals surface area contributed by atoms with Gasteiger partial charge in [0.15, 0.2) is 0 Å². The van der Waals surface area contributed by atoms with E-state index in [1.165, 1.54) is 11.1 Å². The molecule has 5 rings (SSSR count). The minimum Gasteiger partial charge on any atom is -0.378 e. The fraction of sp³-hybridized carbons (Fsp3) is 0.500. The fourth-order valence-corrected chi connectivity index (χ4v) is 5.19. The van der Waals surface area contributed by atoms with E-state index in [1.807, 2.05) is 18.5 Å². The van der Waals surface area contributed by atoms with Gasteiger partial charge in [0.25, 0.3) is 0 Å². The summed E-state index contributed by atoms with van der Waals surface area (Å²) in [6, 6.07) is 15.6. The van der Waals surface area contributed by atoms with Gasteiger partial charge in [0.05, 0.1) is 18.8 Å². The third kappa shape index (κ3) is 3.52. The van der Waals surface area contributed by atoms with Gasteiger partial charge in [0, 0.05) is 64.2 Å². The van der Waals surface area contributed by atoms with E-state index in [-0.39, 0.29) is 5.54 Å². The molecule has 27 heavy (non-hydrogen) atoms. The van der Waals surface area contributed by atoms with Crippen LogP contribution >= 0.6 is 0 Å². The highest BCUT2D eigenvalue weighted by atomic mass is 16.5. The van der Waals surface area contributed by atoms with E-state index in [2.05, 4.69) is 56.1 Å². The van der Waals surface area contributed by atoms with Crippen LogP contribution in [-0.2, 0) is 17.8 Å². The van der Waals surface area contributed by atoms with Crippen LogP contribution in [0.25, 0.3) is 0 Å². The molecule has 1 spiro atoms. The number of hydrogen-bond acceptors (Lipinski definition) is 5. The van der Waals surface area contributed by atoms with Crippen LogP contribution in [0.1, 0.15) is 11.1 Å². The monoisotopic (exact) mass is 364 g/mol. The summed E-state index contributed by atoms with van der Waals surface area (Å²) < 4.78 is 5.83. The minimum absolute atomic E-state index is 0.281. The number of benzene rings is 1. The number of piperazine rings is 1. The Hall–Kier alpha value is -1.79. The number of morpholine rings is 1. The summed E-state index contributed by atoms with van der Waals surface area (Å²) in [7, 11) is 0. The van der Waals surface area contributed by atoms with Crippen molar-refractivity contribution in [1.82, 2.24) is 19.7 Å². The van der Waals surface area contributed by atoms with E-state index >= 15 is 0 Å². The van der Waals surface area contributed by atoms with Crippen LogP contribution in [0.4, 0.5) is 0 Å². The number of ether oxygens (including phenoxy) is 1. The molecule has 3 aliphatic rings. The van der Waals surface area contributed by atoms with E-state index in [0.29, 0.717) is 6.04 Å². The Morgan fingerprint density at radius 3 is 2.56 bits per heavy atom. The molecule has 5 heteroatoms. The van der Waals surface area contributed by atoms with Crippen LogP contribution in [0.15, 0.2) is 54.9 Å². The van der Waals surface area contributed by atoms with Gasteiger partial charge in [-0.15, -0.1) is 0 Å². The molecule has 1 atom stereocenters. The van der Waals surface area contributed by atoms with Crippen LogP contribution in [0, 0.1) is 0 Å². The average Bonchev–Trinajstić information content (AvgIpc) is 2.68. The first-order chi connectivity index (χ1) is 13.3. The van der Waals surface area contributed by atoms with Crippen molar-refractivity contribution in [1.29, 1.82) is 0 Å². The molecule has 1 aromatic carbocycles. The molecular formula is C22H28N4O. The zero-order chi connectivity index (χ0) is 18.1. The second-order valence-electron chi connectivity index (χ2n) is 8.31. The number of fused-ring (bicyclic) bond motifs is 2. The third-order valence-electron chi connectivity index (χ3n) is 6.24. The van der Waals surface area contributed by atoms with E-state index in [1.54, 1.807) is 0 Å². The molecule has 3 aliphatic heterocycles. The number of likely N-dealkylation sites (tertiary alicyclic amines) is 1. The number of pyridine rings is 1. The van der Waals surface area contributed by atoms with E-state index < -0.39 is 0 Å². The van der Waals surface area contributed by atoms with Gasteiger partial charge in [-0.05, 0) is 17.2 Å². The molecule has 142 valence electrons. The van der Waals surface area contributed by atoms with Crippen molar-refractivity contribution >= 4 is 0 Å². The summed E-state index contributed by atoms with van der Waals surface area (Å²) in [6.07, 6.45) is 3.84. The molecule has 3 saturated heterocycles. The maximum atomic E-state index is 5.83. The molecule has 0 unspecified atom stereocenters. The molecule has 1 aromatic heterocycles. The summed E-state index contributed by atoms with van der Waals surface area (Å²) in [4.78, 5) is 12.2. The molecule has 5 nitrogen and oxygen atoms in total. The van der Waals surface area contributed by atoms with Crippen molar-refractivity contribution in [3.63, 3.8) is 0 Å². The SMILES string of the molecule is c1ccc(CN2C[C@@H]3COCCN3C3(C2)CN(Cc2cccnc2)C3)cc1. The summed E-state index contributed by atoms with van der Waals surface area (Å²) in [5.74, 6) is 0. The molecule has 0 bridgehead atoms. The number of hydrogen-bond donors (Lipinski definition) is 0. The lowest BCUT2D eigenvalue weighted by Gasteiger charge is -2.63. The lowest BCUT2D eigenvalue weighted by atomic mass is 9.82. The van der Waals surface area contributed by atoms with Crippen LogP contribution < -0.4 is 0 Å². The van der Waals surface area contributed by atoms with Crippen molar-refractivity contribution in [3.05, 3.63) is 66.0 Å². The Labute approximate surface area is 161 Å². The molecular weight excluding hydrogens is 336 g/mol. The van der Waals surface area contributed by atoms with Crippen LogP contribution in [0.2, 0.25) is 0 Å². The summed E-state index contributed by atoms with van der Waals surface area (Å²) >= 11 is 0. The van der Waals surface area contributed by atoms with Gasteiger partial charge in [-0.3, -0.25) is 19.7 Å². The van der Waals surface area contributed by atoms with E-state index in [0.717, 1.165) is 59.0 Å². The van der Waals surface area contributed by atoms with Crippen LogP contribution in [-0.4, -0.2) is 77.2 Å². The number of rotatable bonds is 4. The highest BCUT2D eigenvalue weighted by Gasteiger charge is 2.53. The van der Waals surface area contributed by atoms with Gasteiger partial charge >= 0.3 is 0 Å². The normalized spacial score (nSPS) is 25.9. The first-order valence-electron chi connectivity index (χ1n) is 10.0. The molecule has 0 saturated carbocycles. The molecule has 0 aliphatic carbocycles. The van der Waals surface area contributed by atoms with Gasteiger partial charge in [-0.2, -0.15) is 0 Å². The molecule has 3 fully saturated rings. The maximum Gasteiger partial charge on any atom is 0.0635 e. The number of nitrogens with zero attached hydrogens (tertiary/aromatic N) is 4. The van der Waals surface area contributed by atoms with Crippen LogP contribution in [0.5, 0.6) is 0 Å². The van der Waals surface area contributed by atoms with Gasteiger partial charge in [0.2, 0.25) is 0 Å². The Morgan fingerprint density at radius 2 is 1.74 bits per heavy atom. The summed E-state index contributed by atoms with van der Waals surface area (Å²) in [5, 5.41) is 0. The largest absolute Gasteiger partial charge is 0.378 e. The van der Waals surface area contributed by atoms with Gasteiger partial charge in [-0.1, -0.05) is 36.4 Å².